The highest BCUT2D eigenvalue weighted by molar-refractivity contribution is 7.87. The van der Waals surface area contributed by atoms with Crippen molar-refractivity contribution in [2.75, 3.05) is 18.2 Å². The zero-order valence-corrected chi connectivity index (χ0v) is 7.92. The smallest absolute Gasteiger partial charge is 0.251 e. The standard InChI is InChI=1S/C4H7F3O4S2/c5-1-4(2-12(6,8)9)3-13(7,10)11/h4H,1-3H2. The maximum atomic E-state index is 11.9. The lowest BCUT2D eigenvalue weighted by Crippen LogP contribution is -2.22. The summed E-state index contributed by atoms with van der Waals surface area (Å²) in [6, 6.07) is 0. The average Bonchev–Trinajstić information content (AvgIpc) is 1.79. The molecule has 0 aliphatic carbocycles. The second-order valence-corrected chi connectivity index (χ2v) is 5.25. The molecule has 0 N–H and O–H groups in total. The van der Waals surface area contributed by atoms with Crippen molar-refractivity contribution in [3.05, 3.63) is 0 Å². The summed E-state index contributed by atoms with van der Waals surface area (Å²) in [7, 11) is -9.96. The molecule has 0 spiro atoms. The van der Waals surface area contributed by atoms with Gasteiger partial charge in [-0.05, 0) is 0 Å². The van der Waals surface area contributed by atoms with Crippen molar-refractivity contribution in [1.82, 2.24) is 0 Å². The number of hydrogen-bond acceptors (Lipinski definition) is 4. The molecular formula is C4H7F3O4S2. The fraction of sp³-hybridized carbons (Fsp3) is 1.00. The van der Waals surface area contributed by atoms with E-state index in [-0.39, 0.29) is 0 Å². The third-order valence-electron chi connectivity index (χ3n) is 1.09. The second-order valence-electron chi connectivity index (χ2n) is 2.43. The fourth-order valence-electron chi connectivity index (χ4n) is 0.700. The molecule has 80 valence electrons. The maximum absolute atomic E-state index is 11.9. The van der Waals surface area contributed by atoms with Crippen LogP contribution in [0, 0.1) is 5.92 Å². The van der Waals surface area contributed by atoms with Crippen LogP contribution >= 0.6 is 0 Å². The van der Waals surface area contributed by atoms with Gasteiger partial charge in [-0.15, -0.1) is 7.77 Å². The summed E-state index contributed by atoms with van der Waals surface area (Å²) in [6.45, 7) is -1.41. The van der Waals surface area contributed by atoms with Crippen LogP contribution in [0.25, 0.3) is 0 Å². The molecule has 0 aliphatic heterocycles. The molecule has 0 unspecified atom stereocenters. The topological polar surface area (TPSA) is 68.3 Å². The molecule has 0 aromatic rings. The lowest BCUT2D eigenvalue weighted by Gasteiger charge is -2.05. The van der Waals surface area contributed by atoms with E-state index in [2.05, 4.69) is 0 Å². The van der Waals surface area contributed by atoms with Crippen molar-refractivity contribution >= 4 is 20.4 Å². The first-order valence-corrected chi connectivity index (χ1v) is 6.15. The fourth-order valence-corrected chi connectivity index (χ4v) is 2.39. The highest BCUT2D eigenvalue weighted by Crippen LogP contribution is 2.09. The maximum Gasteiger partial charge on any atom is 0.302 e. The first-order chi connectivity index (χ1) is 5.64. The second kappa shape index (κ2) is 4.27. The Kier molecular flexibility index (Phi) is 4.17. The quantitative estimate of drug-likeness (QED) is 0.642. The van der Waals surface area contributed by atoms with E-state index in [9.17, 15) is 29.0 Å². The highest BCUT2D eigenvalue weighted by atomic mass is 32.3. The summed E-state index contributed by atoms with van der Waals surface area (Å²) >= 11 is 0. The number of alkyl halides is 1. The van der Waals surface area contributed by atoms with Crippen LogP contribution in [0.4, 0.5) is 12.2 Å². The van der Waals surface area contributed by atoms with Gasteiger partial charge in [0.05, 0.1) is 18.2 Å². The zero-order chi connectivity index (χ0) is 10.7. The summed E-state index contributed by atoms with van der Waals surface area (Å²) in [5.74, 6) is -4.34. The van der Waals surface area contributed by atoms with Gasteiger partial charge in [0.1, 0.15) is 0 Å². The molecule has 0 aromatic heterocycles. The molecular weight excluding hydrogens is 233 g/mol. The molecule has 9 heteroatoms. The highest BCUT2D eigenvalue weighted by Gasteiger charge is 2.24. The van der Waals surface area contributed by atoms with Crippen LogP contribution in [0.3, 0.4) is 0 Å². The van der Waals surface area contributed by atoms with Gasteiger partial charge < -0.3 is 0 Å². The van der Waals surface area contributed by atoms with Crippen molar-refractivity contribution in [3.63, 3.8) is 0 Å². The third kappa shape index (κ3) is 8.03. The van der Waals surface area contributed by atoms with Crippen LogP contribution in [0.1, 0.15) is 0 Å². The Morgan fingerprint density at radius 2 is 1.23 bits per heavy atom. The molecule has 4 nitrogen and oxygen atoms in total. The zero-order valence-electron chi connectivity index (χ0n) is 6.28. The molecule has 0 radical (unpaired) electrons. The first-order valence-electron chi connectivity index (χ1n) is 3.04. The summed E-state index contributed by atoms with van der Waals surface area (Å²) in [4.78, 5) is 0. The molecule has 13 heavy (non-hydrogen) atoms. The minimum atomic E-state index is -4.98. The van der Waals surface area contributed by atoms with E-state index in [0.717, 1.165) is 0 Å². The predicted octanol–water partition coefficient (Wildman–Crippen LogP) is 0.171. The average molecular weight is 240 g/mol. The molecule has 0 heterocycles. The van der Waals surface area contributed by atoms with Gasteiger partial charge in [0, 0.05) is 5.92 Å². The minimum absolute atomic E-state index is 1.33. The Balaban J connectivity index is 4.39. The van der Waals surface area contributed by atoms with Crippen molar-refractivity contribution in [3.8, 4) is 0 Å². The normalized spacial score (nSPS) is 13.5. The number of halogens is 3. The van der Waals surface area contributed by atoms with Crippen LogP contribution in [0.5, 0.6) is 0 Å². The summed E-state index contributed by atoms with van der Waals surface area (Å²) in [5.41, 5.74) is 0. The number of hydrogen-bond donors (Lipinski definition) is 0. The van der Waals surface area contributed by atoms with E-state index in [4.69, 9.17) is 0 Å². The SMILES string of the molecule is O=S(=O)(F)CC(CF)CS(=O)(=O)F. The van der Waals surface area contributed by atoms with Crippen LogP contribution in [0.15, 0.2) is 0 Å². The van der Waals surface area contributed by atoms with Crippen molar-refractivity contribution < 1.29 is 29.0 Å². The van der Waals surface area contributed by atoms with Gasteiger partial charge in [-0.25, -0.2) is 0 Å². The van der Waals surface area contributed by atoms with Gasteiger partial charge in [-0.2, -0.15) is 16.8 Å². The Labute approximate surface area is 74.2 Å². The van der Waals surface area contributed by atoms with Gasteiger partial charge >= 0.3 is 20.4 Å². The summed E-state index contributed by atoms with van der Waals surface area (Å²) < 4.78 is 75.4. The molecule has 0 aliphatic rings. The van der Waals surface area contributed by atoms with Crippen LogP contribution in [0.2, 0.25) is 0 Å². The minimum Gasteiger partial charge on any atom is -0.251 e. The van der Waals surface area contributed by atoms with E-state index in [1.165, 1.54) is 0 Å². The van der Waals surface area contributed by atoms with Gasteiger partial charge in [0.25, 0.3) is 0 Å². The van der Waals surface area contributed by atoms with Gasteiger partial charge in [-0.1, -0.05) is 0 Å². The van der Waals surface area contributed by atoms with E-state index in [1.807, 2.05) is 0 Å². The molecule has 0 rings (SSSR count). The monoisotopic (exact) mass is 240 g/mol. The Morgan fingerprint density at radius 3 is 1.38 bits per heavy atom. The van der Waals surface area contributed by atoms with Gasteiger partial charge in [0.15, 0.2) is 0 Å². The first kappa shape index (κ1) is 12.7. The molecule has 0 amide bonds. The van der Waals surface area contributed by atoms with Gasteiger partial charge in [-0.3, -0.25) is 4.39 Å². The molecule has 0 fully saturated rings. The molecule has 0 bridgehead atoms. The number of rotatable bonds is 5. The van der Waals surface area contributed by atoms with E-state index in [0.29, 0.717) is 0 Å². The predicted molar refractivity (Wildman–Crippen MR) is 39.3 cm³/mol. The molecule has 0 saturated carbocycles. The Bertz CT molecular complexity index is 312. The van der Waals surface area contributed by atoms with Crippen LogP contribution < -0.4 is 0 Å². The van der Waals surface area contributed by atoms with Crippen LogP contribution in [-0.2, 0) is 20.4 Å². The van der Waals surface area contributed by atoms with E-state index >= 15 is 0 Å². The summed E-state index contributed by atoms with van der Waals surface area (Å²) in [5, 5.41) is 0. The lowest BCUT2D eigenvalue weighted by atomic mass is 10.2. The van der Waals surface area contributed by atoms with Crippen LogP contribution in [-0.4, -0.2) is 35.0 Å². The Morgan fingerprint density at radius 1 is 0.923 bits per heavy atom. The largest absolute Gasteiger partial charge is 0.302 e. The molecule has 0 atom stereocenters. The lowest BCUT2D eigenvalue weighted by molar-refractivity contribution is 0.396. The third-order valence-corrected chi connectivity index (χ3v) is 2.83. The van der Waals surface area contributed by atoms with E-state index in [1.54, 1.807) is 0 Å². The van der Waals surface area contributed by atoms with Gasteiger partial charge in [0.2, 0.25) is 0 Å². The molecule has 0 saturated heterocycles. The Hall–Kier alpha value is -0.310. The summed E-state index contributed by atoms with van der Waals surface area (Å²) in [6.07, 6.45) is 0. The van der Waals surface area contributed by atoms with Crippen molar-refractivity contribution in [2.24, 2.45) is 5.92 Å². The molecule has 0 aromatic carbocycles. The van der Waals surface area contributed by atoms with Crippen molar-refractivity contribution in [1.29, 1.82) is 0 Å². The van der Waals surface area contributed by atoms with E-state index < -0.39 is 44.5 Å². The van der Waals surface area contributed by atoms with Crippen molar-refractivity contribution in [2.45, 2.75) is 0 Å².